The number of alkyl carbamates (subject to hydrolysis) is 1. The fourth-order valence-corrected chi connectivity index (χ4v) is 2.04. The zero-order chi connectivity index (χ0) is 20.9. The van der Waals surface area contributed by atoms with Gasteiger partial charge in [-0.25, -0.2) is 4.79 Å². The van der Waals surface area contributed by atoms with Crippen molar-refractivity contribution in [1.29, 1.82) is 0 Å². The first kappa shape index (κ1) is 27.1. The number of carbonyl (C=O) groups is 1. The first-order valence-electron chi connectivity index (χ1n) is 9.32. The first-order valence-corrected chi connectivity index (χ1v) is 10.5. The molecule has 1 N–H and O–H groups in total. The normalized spacial score (nSPS) is 8.41. The van der Waals surface area contributed by atoms with Gasteiger partial charge >= 0.3 is 6.09 Å². The van der Waals surface area contributed by atoms with Gasteiger partial charge in [0.25, 0.3) is 0 Å². The van der Waals surface area contributed by atoms with E-state index in [1.165, 1.54) is 4.90 Å². The molecule has 1 amide bonds. The summed E-state index contributed by atoms with van der Waals surface area (Å²) in [4.78, 5) is 12.1. The Balaban J connectivity index is 0. The monoisotopic (exact) mass is 393 g/mol. The molecule has 0 fully saturated rings. The molecule has 2 aromatic rings. The molecule has 0 heterocycles. The predicted octanol–water partition coefficient (Wildman–Crippen LogP) is 6.40. The molecule has 4 nitrogen and oxygen atoms in total. The van der Waals surface area contributed by atoms with Crippen LogP contribution in [0.5, 0.6) is 5.75 Å². The second-order valence-corrected chi connectivity index (χ2v) is 5.35. The number of hydrogen-bond donors (Lipinski definition) is 1. The lowest BCUT2D eigenvalue weighted by Gasteiger charge is -2.04. The molecule has 0 aliphatic heterocycles. The van der Waals surface area contributed by atoms with E-state index in [9.17, 15) is 4.79 Å². The molecule has 0 aliphatic carbocycles. The van der Waals surface area contributed by atoms with E-state index in [-0.39, 0.29) is 6.09 Å². The van der Waals surface area contributed by atoms with Gasteiger partial charge in [0.05, 0.1) is 7.11 Å². The summed E-state index contributed by atoms with van der Waals surface area (Å²) >= 11 is 1.73. The molecule has 2 rings (SSSR count). The molecule has 27 heavy (non-hydrogen) atoms. The van der Waals surface area contributed by atoms with Crippen molar-refractivity contribution in [2.45, 2.75) is 46.1 Å². The van der Waals surface area contributed by atoms with Crippen molar-refractivity contribution >= 4 is 17.9 Å². The largest absolute Gasteiger partial charge is 0.497 e. The van der Waals surface area contributed by atoms with E-state index in [4.69, 9.17) is 9.47 Å². The number of carbonyl (C=O) groups excluding carboxylic acids is 1. The van der Waals surface area contributed by atoms with Crippen LogP contribution in [0.25, 0.3) is 0 Å². The minimum Gasteiger partial charge on any atom is -0.497 e. The van der Waals surface area contributed by atoms with Crippen LogP contribution < -0.4 is 10.1 Å². The zero-order valence-electron chi connectivity index (χ0n) is 17.7. The number of hydrogen-bond acceptors (Lipinski definition) is 4. The Morgan fingerprint density at radius 1 is 0.963 bits per heavy atom. The smallest absolute Gasteiger partial charge is 0.407 e. The van der Waals surface area contributed by atoms with Crippen molar-refractivity contribution in [3.8, 4) is 5.75 Å². The lowest BCUT2D eigenvalue weighted by Crippen LogP contribution is -2.23. The van der Waals surface area contributed by atoms with Crippen molar-refractivity contribution < 1.29 is 14.3 Å². The third kappa shape index (κ3) is 14.7. The van der Waals surface area contributed by atoms with Crippen LogP contribution in [-0.2, 0) is 11.3 Å². The van der Waals surface area contributed by atoms with Crippen molar-refractivity contribution in [3.05, 3.63) is 60.2 Å². The van der Waals surface area contributed by atoms with Gasteiger partial charge in [0.1, 0.15) is 12.4 Å². The average molecular weight is 394 g/mol. The van der Waals surface area contributed by atoms with E-state index in [1.54, 1.807) is 18.9 Å². The maximum Gasteiger partial charge on any atom is 0.407 e. The molecule has 0 aliphatic rings. The van der Waals surface area contributed by atoms with Crippen LogP contribution in [0.2, 0.25) is 0 Å². The van der Waals surface area contributed by atoms with Crippen LogP contribution in [0, 0.1) is 0 Å². The van der Waals surface area contributed by atoms with Crippen LogP contribution in [0.3, 0.4) is 0 Å². The fourth-order valence-electron chi connectivity index (χ4n) is 1.63. The van der Waals surface area contributed by atoms with Crippen molar-refractivity contribution in [3.63, 3.8) is 0 Å². The van der Waals surface area contributed by atoms with Gasteiger partial charge in [0.15, 0.2) is 0 Å². The topological polar surface area (TPSA) is 47.6 Å². The van der Waals surface area contributed by atoms with E-state index < -0.39 is 0 Å². The second kappa shape index (κ2) is 20.2. The summed E-state index contributed by atoms with van der Waals surface area (Å²) in [5.41, 5.74) is 0.994. The maximum absolute atomic E-state index is 10.9. The van der Waals surface area contributed by atoms with Crippen molar-refractivity contribution in [2.24, 2.45) is 0 Å². The fraction of sp³-hybridized carbons (Fsp3) is 0.409. The summed E-state index contributed by atoms with van der Waals surface area (Å²) in [5.74, 6) is 0.915. The molecule has 152 valence electrons. The number of methoxy groups -OCH3 is 1. The molecule has 0 atom stereocenters. The summed E-state index contributed by atoms with van der Waals surface area (Å²) in [5, 5.41) is 2.55. The highest BCUT2D eigenvalue weighted by atomic mass is 32.2. The molecule has 2 aromatic carbocycles. The highest BCUT2D eigenvalue weighted by Crippen LogP contribution is 2.18. The summed E-state index contributed by atoms with van der Waals surface area (Å²) in [7, 11) is 1.67. The molecular formula is C22H35NO3S. The Bertz CT molecular complexity index is 537. The van der Waals surface area contributed by atoms with E-state index in [0.717, 1.165) is 11.3 Å². The molecule has 0 spiro atoms. The Hall–Kier alpha value is -2.14. The van der Waals surface area contributed by atoms with Crippen LogP contribution in [0.4, 0.5) is 4.79 Å². The highest BCUT2D eigenvalue weighted by molar-refractivity contribution is 7.98. The van der Waals surface area contributed by atoms with Crippen molar-refractivity contribution in [1.82, 2.24) is 5.32 Å². The molecule has 0 saturated heterocycles. The minimum atomic E-state index is -0.369. The second-order valence-electron chi connectivity index (χ2n) is 4.47. The predicted molar refractivity (Wildman–Crippen MR) is 118 cm³/mol. The molecule has 0 radical (unpaired) electrons. The van der Waals surface area contributed by atoms with Gasteiger partial charge in [-0.1, -0.05) is 58.0 Å². The third-order valence-corrected chi connectivity index (χ3v) is 3.57. The number of benzene rings is 2. The van der Waals surface area contributed by atoms with Gasteiger partial charge < -0.3 is 14.8 Å². The number of rotatable bonds is 5. The number of ether oxygens (including phenoxy) is 2. The number of nitrogens with one attached hydrogen (secondary N) is 1. The zero-order valence-corrected chi connectivity index (χ0v) is 18.6. The first-order chi connectivity index (χ1) is 13.2. The van der Waals surface area contributed by atoms with Gasteiger partial charge in [-0.3, -0.25) is 0 Å². The summed E-state index contributed by atoms with van der Waals surface area (Å²) in [6, 6.07) is 17.6. The Labute approximate surface area is 169 Å². The molecular weight excluding hydrogens is 358 g/mol. The van der Waals surface area contributed by atoms with E-state index in [1.807, 2.05) is 89.2 Å². The van der Waals surface area contributed by atoms with Gasteiger partial charge in [0.2, 0.25) is 0 Å². The standard InChI is InChI=1S/C10H13NO2.C8H10OS.2C2H6/c1-2-11-10(12)13-8-9-6-4-3-5-7-9;1-9-7-3-5-8(10-2)6-4-7;2*1-2/h3-7H,2,8H2,1H3,(H,11,12);3-6H,1-2H3;2*1-2H3. The average Bonchev–Trinajstić information content (AvgIpc) is 2.76. The Kier molecular flexibility index (Phi) is 20.2. The van der Waals surface area contributed by atoms with Crippen LogP contribution in [0.15, 0.2) is 59.5 Å². The summed E-state index contributed by atoms with van der Waals surface area (Å²) in [6.07, 6.45) is 1.69. The van der Waals surface area contributed by atoms with Gasteiger partial charge in [0, 0.05) is 11.4 Å². The van der Waals surface area contributed by atoms with Crippen molar-refractivity contribution in [2.75, 3.05) is 19.9 Å². The van der Waals surface area contributed by atoms with Crippen LogP contribution >= 0.6 is 11.8 Å². The highest BCUT2D eigenvalue weighted by Gasteiger charge is 1.98. The third-order valence-electron chi connectivity index (χ3n) is 2.83. The van der Waals surface area contributed by atoms with Gasteiger partial charge in [-0.05, 0) is 43.0 Å². The molecule has 5 heteroatoms. The van der Waals surface area contributed by atoms with E-state index in [0.29, 0.717) is 13.2 Å². The molecule has 0 bridgehead atoms. The Morgan fingerprint density at radius 2 is 1.52 bits per heavy atom. The van der Waals surface area contributed by atoms with Gasteiger partial charge in [-0.2, -0.15) is 0 Å². The van der Waals surface area contributed by atoms with E-state index >= 15 is 0 Å². The lowest BCUT2D eigenvalue weighted by atomic mass is 10.2. The summed E-state index contributed by atoms with van der Waals surface area (Å²) in [6.45, 7) is 10.8. The molecule has 0 unspecified atom stereocenters. The Morgan fingerprint density at radius 3 is 1.96 bits per heavy atom. The van der Waals surface area contributed by atoms with Crippen LogP contribution in [0.1, 0.15) is 40.2 Å². The SMILES string of the molecule is CC.CC.CCNC(=O)OCc1ccccc1.COc1ccc(SC)cc1. The van der Waals surface area contributed by atoms with E-state index in [2.05, 4.69) is 11.6 Å². The minimum absolute atomic E-state index is 0.326. The summed E-state index contributed by atoms with van der Waals surface area (Å²) < 4.78 is 9.92. The maximum atomic E-state index is 10.9. The number of thioether (sulfide) groups is 1. The quantitative estimate of drug-likeness (QED) is 0.597. The van der Waals surface area contributed by atoms with Crippen LogP contribution in [-0.4, -0.2) is 26.0 Å². The number of amides is 1. The molecule has 0 saturated carbocycles. The van der Waals surface area contributed by atoms with Gasteiger partial charge in [-0.15, -0.1) is 11.8 Å². The molecule has 0 aromatic heterocycles. The lowest BCUT2D eigenvalue weighted by molar-refractivity contribution is 0.140.